The fraction of sp³-hybridized carbons (Fsp3) is 0.500. The maximum Gasteiger partial charge on any atom is 0.351 e. The molecule has 0 radical (unpaired) electrons. The van der Waals surface area contributed by atoms with Gasteiger partial charge in [-0.25, -0.2) is 13.6 Å². The van der Waals surface area contributed by atoms with Crippen LogP contribution >= 0.6 is 0 Å². The first-order chi connectivity index (χ1) is 16.7. The van der Waals surface area contributed by atoms with Crippen LogP contribution in [0.5, 0.6) is 5.75 Å². The van der Waals surface area contributed by atoms with Crippen LogP contribution in [-0.2, 0) is 9.53 Å². The van der Waals surface area contributed by atoms with Crippen LogP contribution in [-0.4, -0.2) is 45.7 Å². The number of ether oxygens (including phenoxy) is 2. The van der Waals surface area contributed by atoms with E-state index in [1.165, 1.54) is 37.1 Å². The van der Waals surface area contributed by atoms with Crippen molar-refractivity contribution in [1.82, 2.24) is 9.55 Å². The van der Waals surface area contributed by atoms with Crippen molar-refractivity contribution in [3.05, 3.63) is 52.1 Å². The lowest BCUT2D eigenvalue weighted by Gasteiger charge is -2.19. The van der Waals surface area contributed by atoms with Gasteiger partial charge in [0, 0.05) is 18.2 Å². The van der Waals surface area contributed by atoms with Crippen molar-refractivity contribution in [3.8, 4) is 5.75 Å². The fourth-order valence-electron chi connectivity index (χ4n) is 2.93. The van der Waals surface area contributed by atoms with Gasteiger partial charge in [-0.15, -0.1) is 0 Å². The Bertz CT molecular complexity index is 1030. The van der Waals surface area contributed by atoms with E-state index in [-0.39, 0.29) is 23.6 Å². The Balaban J connectivity index is 0.000000926. The second kappa shape index (κ2) is 14.3. The second-order valence-corrected chi connectivity index (χ2v) is 7.41. The van der Waals surface area contributed by atoms with Gasteiger partial charge in [0.1, 0.15) is 11.6 Å². The van der Waals surface area contributed by atoms with Crippen molar-refractivity contribution >= 4 is 18.2 Å². The number of alkyl halides is 2. The number of aliphatic hydroxyl groups is 1. The summed E-state index contributed by atoms with van der Waals surface area (Å²) in [5.41, 5.74) is -0.299. The van der Waals surface area contributed by atoms with Gasteiger partial charge in [0.2, 0.25) is 6.23 Å². The number of amides is 1. The van der Waals surface area contributed by atoms with E-state index in [0.29, 0.717) is 10.1 Å². The van der Waals surface area contributed by atoms with Gasteiger partial charge in [-0.2, -0.15) is 4.98 Å². The average molecular weight is 498 g/mol. The van der Waals surface area contributed by atoms with Crippen LogP contribution in [0.3, 0.4) is 0 Å². The average Bonchev–Trinajstić information content (AvgIpc) is 3.16. The monoisotopic (exact) mass is 497 g/mol. The molecule has 3 rings (SSSR count). The zero-order valence-corrected chi connectivity index (χ0v) is 20.6. The third kappa shape index (κ3) is 8.22. The summed E-state index contributed by atoms with van der Waals surface area (Å²) in [6.45, 7) is 9.66. The highest BCUT2D eigenvalue weighted by Gasteiger charge is 2.51. The Labute approximate surface area is 203 Å². The molecular formula is C24H33F2N3O6. The molecule has 0 aliphatic carbocycles. The van der Waals surface area contributed by atoms with Crippen molar-refractivity contribution < 1.29 is 33.0 Å². The van der Waals surface area contributed by atoms with Crippen LogP contribution in [0, 0.1) is 6.92 Å². The molecule has 0 spiro atoms. The number of rotatable bonds is 7. The molecule has 1 aromatic carbocycles. The number of anilines is 1. The number of aliphatic hydroxyl groups excluding tert-OH is 1. The number of nitrogens with zero attached hydrogens (tertiary/aromatic N) is 2. The fourth-order valence-corrected chi connectivity index (χ4v) is 2.93. The van der Waals surface area contributed by atoms with E-state index in [0.717, 1.165) is 6.20 Å². The zero-order valence-electron chi connectivity index (χ0n) is 20.6. The molecule has 2 heterocycles. The maximum atomic E-state index is 14.0. The SMILES string of the molecule is CC.CCCC.Cc1cc(C(=O)Nc2ccn(C3OC(CO)CC3(F)F)c(=O)n2)ccc1OC=O. The van der Waals surface area contributed by atoms with Gasteiger partial charge < -0.3 is 19.9 Å². The van der Waals surface area contributed by atoms with Crippen molar-refractivity contribution in [2.24, 2.45) is 0 Å². The quantitative estimate of drug-likeness (QED) is 0.553. The molecule has 0 bridgehead atoms. The standard InChI is InChI=1S/C18H17F2N3O6.C4H10.C2H6/c1-10-6-11(2-3-13(10)28-9-25)15(26)21-14-4-5-23(17(27)22-14)16-18(19,20)7-12(8-24)29-16;1-3-4-2;1-2/h2-6,9,12,16,24H,7-8H2,1H3,(H,21,22,26,27);3-4H2,1-2H3;1-2H3. The molecule has 2 aromatic rings. The molecule has 1 aromatic heterocycles. The van der Waals surface area contributed by atoms with Crippen LogP contribution in [0.15, 0.2) is 35.3 Å². The summed E-state index contributed by atoms with van der Waals surface area (Å²) in [4.78, 5) is 38.5. The zero-order chi connectivity index (χ0) is 26.6. The highest BCUT2D eigenvalue weighted by atomic mass is 19.3. The van der Waals surface area contributed by atoms with E-state index in [2.05, 4.69) is 24.1 Å². The van der Waals surface area contributed by atoms with E-state index in [9.17, 15) is 23.2 Å². The first kappa shape index (κ1) is 29.9. The largest absolute Gasteiger partial charge is 0.428 e. The number of nitrogens with one attached hydrogen (secondary N) is 1. The van der Waals surface area contributed by atoms with E-state index in [4.69, 9.17) is 14.6 Å². The lowest BCUT2D eigenvalue weighted by atomic mass is 10.1. The van der Waals surface area contributed by atoms with Crippen LogP contribution in [0.25, 0.3) is 0 Å². The Hall–Kier alpha value is -3.18. The second-order valence-electron chi connectivity index (χ2n) is 7.41. The molecule has 35 heavy (non-hydrogen) atoms. The molecular weight excluding hydrogens is 464 g/mol. The Kier molecular flexibility index (Phi) is 12.2. The minimum Gasteiger partial charge on any atom is -0.428 e. The first-order valence-corrected chi connectivity index (χ1v) is 11.4. The number of carbonyl (C=O) groups is 2. The Morgan fingerprint density at radius 3 is 2.46 bits per heavy atom. The molecule has 11 heteroatoms. The van der Waals surface area contributed by atoms with Gasteiger partial charge in [0.05, 0.1) is 12.7 Å². The number of benzene rings is 1. The summed E-state index contributed by atoms with van der Waals surface area (Å²) in [5.74, 6) is -3.80. The highest BCUT2D eigenvalue weighted by Crippen LogP contribution is 2.41. The number of halogens is 2. The Morgan fingerprint density at radius 2 is 1.97 bits per heavy atom. The van der Waals surface area contributed by atoms with E-state index in [1.54, 1.807) is 6.92 Å². The molecule has 2 N–H and O–H groups in total. The number of hydrogen-bond donors (Lipinski definition) is 2. The van der Waals surface area contributed by atoms with Gasteiger partial charge in [-0.3, -0.25) is 14.2 Å². The topological polar surface area (TPSA) is 120 Å². The van der Waals surface area contributed by atoms with Crippen LogP contribution in [0.2, 0.25) is 0 Å². The van der Waals surface area contributed by atoms with Gasteiger partial charge in [0.25, 0.3) is 18.3 Å². The molecule has 1 amide bonds. The van der Waals surface area contributed by atoms with E-state index in [1.807, 2.05) is 13.8 Å². The summed E-state index contributed by atoms with van der Waals surface area (Å²) < 4.78 is 38.5. The third-order valence-corrected chi connectivity index (χ3v) is 4.82. The molecule has 9 nitrogen and oxygen atoms in total. The minimum atomic E-state index is -3.35. The van der Waals surface area contributed by atoms with Crippen LogP contribution < -0.4 is 15.7 Å². The van der Waals surface area contributed by atoms with Crippen LogP contribution in [0.4, 0.5) is 14.6 Å². The molecule has 1 aliphatic rings. The highest BCUT2D eigenvalue weighted by molar-refractivity contribution is 6.03. The molecule has 1 aliphatic heterocycles. The van der Waals surface area contributed by atoms with Gasteiger partial charge in [0.15, 0.2) is 0 Å². The number of hydrogen-bond acceptors (Lipinski definition) is 7. The van der Waals surface area contributed by atoms with Crippen molar-refractivity contribution in [2.45, 2.75) is 72.1 Å². The predicted molar refractivity (Wildman–Crippen MR) is 127 cm³/mol. The van der Waals surface area contributed by atoms with Crippen molar-refractivity contribution in [2.75, 3.05) is 11.9 Å². The van der Waals surface area contributed by atoms with Gasteiger partial charge >= 0.3 is 5.69 Å². The van der Waals surface area contributed by atoms with Crippen molar-refractivity contribution in [3.63, 3.8) is 0 Å². The molecule has 1 saturated heterocycles. The Morgan fingerprint density at radius 1 is 1.31 bits per heavy atom. The summed E-state index contributed by atoms with van der Waals surface area (Å²) in [6, 6.07) is 5.49. The predicted octanol–water partition coefficient (Wildman–Crippen LogP) is 4.09. The van der Waals surface area contributed by atoms with E-state index >= 15 is 0 Å². The molecule has 194 valence electrons. The number of aryl methyl sites for hydroxylation is 1. The van der Waals surface area contributed by atoms with Crippen LogP contribution in [0.1, 0.15) is 69.1 Å². The summed E-state index contributed by atoms with van der Waals surface area (Å²) in [6.07, 6.45) is -0.0225. The molecule has 2 atom stereocenters. The number of unbranched alkanes of at least 4 members (excludes halogenated alkanes) is 1. The smallest absolute Gasteiger partial charge is 0.351 e. The summed E-state index contributed by atoms with van der Waals surface area (Å²) in [5, 5.41) is 11.4. The molecule has 1 fully saturated rings. The summed E-state index contributed by atoms with van der Waals surface area (Å²) in [7, 11) is 0. The normalized spacial score (nSPS) is 17.8. The minimum absolute atomic E-state index is 0.137. The van der Waals surface area contributed by atoms with E-state index < -0.39 is 42.9 Å². The first-order valence-electron chi connectivity index (χ1n) is 11.4. The lowest BCUT2D eigenvalue weighted by molar-refractivity contribution is -0.120. The lowest BCUT2D eigenvalue weighted by Crippen LogP contribution is -2.35. The molecule has 0 saturated carbocycles. The number of aromatic nitrogens is 2. The number of carbonyl (C=O) groups excluding carboxylic acids is 2. The third-order valence-electron chi connectivity index (χ3n) is 4.82. The maximum absolute atomic E-state index is 14.0. The van der Waals surface area contributed by atoms with Gasteiger partial charge in [-0.05, 0) is 36.8 Å². The molecule has 2 unspecified atom stereocenters. The summed E-state index contributed by atoms with van der Waals surface area (Å²) >= 11 is 0. The van der Waals surface area contributed by atoms with Gasteiger partial charge in [-0.1, -0.05) is 40.5 Å². The van der Waals surface area contributed by atoms with Crippen molar-refractivity contribution in [1.29, 1.82) is 0 Å².